The van der Waals surface area contributed by atoms with Gasteiger partial charge in [-0.25, -0.2) is 0 Å². The average Bonchev–Trinajstić information content (AvgIpc) is 3.31. The normalized spacial score (nSPS) is 23.0. The van der Waals surface area contributed by atoms with Crippen LogP contribution in [0.3, 0.4) is 0 Å². The molecule has 5 nitrogen and oxygen atoms in total. The zero-order valence-corrected chi connectivity index (χ0v) is 15.0. The summed E-state index contributed by atoms with van der Waals surface area (Å²) in [6, 6.07) is 4.46. The molecule has 3 rings (SSSR count). The van der Waals surface area contributed by atoms with Crippen LogP contribution in [0.5, 0.6) is 0 Å². The van der Waals surface area contributed by atoms with Gasteiger partial charge in [-0.15, -0.1) is 0 Å². The predicted octanol–water partition coefficient (Wildman–Crippen LogP) is 2.64. The highest BCUT2D eigenvalue weighted by atomic mass is 16.3. The highest BCUT2D eigenvalue weighted by molar-refractivity contribution is 5.80. The average molecular weight is 332 g/mol. The molecule has 0 aromatic carbocycles. The molecule has 1 unspecified atom stereocenters. The summed E-state index contributed by atoms with van der Waals surface area (Å²) >= 11 is 0. The first kappa shape index (κ1) is 17.3. The van der Waals surface area contributed by atoms with Crippen LogP contribution < -0.4 is 10.6 Å². The Morgan fingerprint density at radius 3 is 2.96 bits per heavy atom. The molecule has 1 saturated carbocycles. The van der Waals surface area contributed by atoms with Crippen molar-refractivity contribution >= 4 is 5.96 Å². The third-order valence-electron chi connectivity index (χ3n) is 5.16. The fraction of sp³-hybridized carbons (Fsp3) is 0.737. The maximum absolute atomic E-state index is 5.37. The van der Waals surface area contributed by atoms with Crippen LogP contribution in [0, 0.1) is 5.92 Å². The number of aliphatic imine (C=N–C) groups is 1. The van der Waals surface area contributed by atoms with E-state index in [1.165, 1.54) is 45.2 Å². The van der Waals surface area contributed by atoms with Gasteiger partial charge >= 0.3 is 0 Å². The van der Waals surface area contributed by atoms with Crippen LogP contribution in [-0.4, -0.2) is 49.6 Å². The van der Waals surface area contributed by atoms with Gasteiger partial charge in [0.1, 0.15) is 5.76 Å². The van der Waals surface area contributed by atoms with Gasteiger partial charge in [0.2, 0.25) is 0 Å². The molecule has 2 N–H and O–H groups in total. The number of furan rings is 1. The van der Waals surface area contributed by atoms with E-state index >= 15 is 0 Å². The van der Waals surface area contributed by atoms with Crippen molar-refractivity contribution in [3.63, 3.8) is 0 Å². The largest absolute Gasteiger partial charge is 0.469 e. The predicted molar refractivity (Wildman–Crippen MR) is 98.3 cm³/mol. The van der Waals surface area contributed by atoms with E-state index in [1.807, 2.05) is 12.1 Å². The fourth-order valence-corrected chi connectivity index (χ4v) is 3.92. The molecule has 1 aromatic rings. The Bertz CT molecular complexity index is 493. The summed E-state index contributed by atoms with van der Waals surface area (Å²) in [7, 11) is 0. The monoisotopic (exact) mass is 332 g/mol. The summed E-state index contributed by atoms with van der Waals surface area (Å²) in [4.78, 5) is 7.34. The van der Waals surface area contributed by atoms with E-state index in [1.54, 1.807) is 6.26 Å². The van der Waals surface area contributed by atoms with Crippen LogP contribution in [0.4, 0.5) is 0 Å². The summed E-state index contributed by atoms with van der Waals surface area (Å²) in [5.74, 6) is 2.88. The minimum Gasteiger partial charge on any atom is -0.469 e. The van der Waals surface area contributed by atoms with E-state index in [9.17, 15) is 0 Å². The van der Waals surface area contributed by atoms with Gasteiger partial charge in [-0.1, -0.05) is 12.8 Å². The lowest BCUT2D eigenvalue weighted by atomic mass is 10.1. The van der Waals surface area contributed by atoms with Crippen LogP contribution in [0.2, 0.25) is 0 Å². The van der Waals surface area contributed by atoms with Crippen molar-refractivity contribution in [1.82, 2.24) is 15.5 Å². The minimum absolute atomic E-state index is 0.521. The second kappa shape index (κ2) is 9.11. The van der Waals surface area contributed by atoms with Crippen LogP contribution in [0.25, 0.3) is 0 Å². The Morgan fingerprint density at radius 1 is 1.33 bits per heavy atom. The van der Waals surface area contributed by atoms with Crippen molar-refractivity contribution in [1.29, 1.82) is 0 Å². The quantitative estimate of drug-likeness (QED) is 0.595. The molecule has 2 heterocycles. The first-order chi connectivity index (χ1) is 11.8. The molecule has 134 valence electrons. The smallest absolute Gasteiger partial charge is 0.191 e. The van der Waals surface area contributed by atoms with Gasteiger partial charge in [-0.05, 0) is 44.2 Å². The second-order valence-electron chi connectivity index (χ2n) is 7.13. The van der Waals surface area contributed by atoms with E-state index in [0.29, 0.717) is 6.04 Å². The van der Waals surface area contributed by atoms with E-state index in [4.69, 9.17) is 9.41 Å². The number of likely N-dealkylation sites (tertiary alicyclic amines) is 1. The molecule has 1 aromatic heterocycles. The standard InChI is InChI=1S/C19H32N4O/c1-2-20-19(21-11-9-18-8-5-13-24-18)22-17-10-12-23(15-17)14-16-6-3-4-7-16/h5,8,13,16-17H,2-4,6-7,9-12,14-15H2,1H3,(H2,20,21,22). The topological polar surface area (TPSA) is 52.8 Å². The SMILES string of the molecule is CCNC(=NCCc1ccco1)NC1CCN(CC2CCCC2)C1. The molecule has 2 fully saturated rings. The number of hydrogen-bond acceptors (Lipinski definition) is 3. The van der Waals surface area contributed by atoms with Crippen LogP contribution in [-0.2, 0) is 6.42 Å². The van der Waals surface area contributed by atoms with E-state index in [2.05, 4.69) is 22.5 Å². The molecule has 24 heavy (non-hydrogen) atoms. The van der Waals surface area contributed by atoms with E-state index in [-0.39, 0.29) is 0 Å². The summed E-state index contributed by atoms with van der Waals surface area (Å²) < 4.78 is 5.37. The Balaban J connectivity index is 1.42. The van der Waals surface area contributed by atoms with Gasteiger partial charge < -0.3 is 20.0 Å². The molecule has 0 amide bonds. The number of nitrogens with one attached hydrogen (secondary N) is 2. The molecule has 1 aliphatic heterocycles. The Morgan fingerprint density at radius 2 is 2.21 bits per heavy atom. The zero-order valence-electron chi connectivity index (χ0n) is 15.0. The van der Waals surface area contributed by atoms with Gasteiger partial charge in [0.05, 0.1) is 6.26 Å². The van der Waals surface area contributed by atoms with Gasteiger partial charge in [0.25, 0.3) is 0 Å². The molecule has 0 bridgehead atoms. The summed E-state index contributed by atoms with van der Waals surface area (Å²) in [6.45, 7) is 7.43. The van der Waals surface area contributed by atoms with Crippen molar-refractivity contribution < 1.29 is 4.42 Å². The molecule has 1 saturated heterocycles. The Hall–Kier alpha value is -1.49. The van der Waals surface area contributed by atoms with Crippen molar-refractivity contribution in [3.05, 3.63) is 24.2 Å². The zero-order chi connectivity index (χ0) is 16.6. The highest BCUT2D eigenvalue weighted by Crippen LogP contribution is 2.26. The first-order valence-electron chi connectivity index (χ1n) is 9.63. The second-order valence-corrected chi connectivity index (χ2v) is 7.13. The van der Waals surface area contributed by atoms with Crippen molar-refractivity contribution in [2.24, 2.45) is 10.9 Å². The van der Waals surface area contributed by atoms with Crippen LogP contribution in [0.1, 0.15) is 44.8 Å². The highest BCUT2D eigenvalue weighted by Gasteiger charge is 2.26. The van der Waals surface area contributed by atoms with Crippen molar-refractivity contribution in [3.8, 4) is 0 Å². The number of hydrogen-bond donors (Lipinski definition) is 2. The molecule has 1 aliphatic carbocycles. The first-order valence-corrected chi connectivity index (χ1v) is 9.63. The summed E-state index contributed by atoms with van der Waals surface area (Å²) in [5.41, 5.74) is 0. The van der Waals surface area contributed by atoms with Gasteiger partial charge in [-0.3, -0.25) is 4.99 Å². The molecule has 2 aliphatic rings. The molecular weight excluding hydrogens is 300 g/mol. The lowest BCUT2D eigenvalue weighted by Gasteiger charge is -2.21. The number of nitrogens with zero attached hydrogens (tertiary/aromatic N) is 2. The van der Waals surface area contributed by atoms with Crippen molar-refractivity contribution in [2.45, 2.75) is 51.5 Å². The van der Waals surface area contributed by atoms with Gasteiger partial charge in [-0.2, -0.15) is 0 Å². The molecule has 0 spiro atoms. The molecule has 5 heteroatoms. The maximum Gasteiger partial charge on any atom is 0.191 e. The summed E-state index contributed by atoms with van der Waals surface area (Å²) in [6.07, 6.45) is 9.54. The van der Waals surface area contributed by atoms with Gasteiger partial charge in [0, 0.05) is 45.2 Å². The van der Waals surface area contributed by atoms with E-state index < -0.39 is 0 Å². The Kier molecular flexibility index (Phi) is 6.58. The number of rotatable bonds is 7. The molecular formula is C19H32N4O. The third-order valence-corrected chi connectivity index (χ3v) is 5.16. The Labute approximate surface area is 145 Å². The number of guanidine groups is 1. The lowest BCUT2D eigenvalue weighted by Crippen LogP contribution is -2.45. The summed E-state index contributed by atoms with van der Waals surface area (Å²) in [5, 5.41) is 6.99. The molecule has 1 atom stereocenters. The minimum atomic E-state index is 0.521. The van der Waals surface area contributed by atoms with Crippen LogP contribution >= 0.6 is 0 Å². The van der Waals surface area contributed by atoms with Gasteiger partial charge in [0.15, 0.2) is 5.96 Å². The van der Waals surface area contributed by atoms with Crippen molar-refractivity contribution in [2.75, 3.05) is 32.7 Å². The maximum atomic E-state index is 5.37. The van der Waals surface area contributed by atoms with E-state index in [0.717, 1.165) is 43.7 Å². The third kappa shape index (κ3) is 5.26. The lowest BCUT2D eigenvalue weighted by molar-refractivity contribution is 0.275. The fourth-order valence-electron chi connectivity index (χ4n) is 3.92. The molecule has 0 radical (unpaired) electrons. The van der Waals surface area contributed by atoms with Crippen LogP contribution in [0.15, 0.2) is 27.8 Å².